The Hall–Kier alpha value is -2.82. The van der Waals surface area contributed by atoms with Crippen LogP contribution in [0.1, 0.15) is 15.9 Å². The van der Waals surface area contributed by atoms with Crippen molar-refractivity contribution in [3.63, 3.8) is 0 Å². The molecule has 2 aromatic rings. The minimum Gasteiger partial charge on any atom is -0.481 e. The molecule has 0 fully saturated rings. The average Bonchev–Trinajstić information content (AvgIpc) is 3.14. The molecule has 0 bridgehead atoms. The fourth-order valence-corrected chi connectivity index (χ4v) is 2.49. The normalized spacial score (nSPS) is 13.2. The van der Waals surface area contributed by atoms with Gasteiger partial charge in [-0.1, -0.05) is 18.2 Å². The fraction of sp³-hybridized carbons (Fsp3) is 0.222. The molecule has 0 radical (unpaired) electrons. The van der Waals surface area contributed by atoms with Crippen LogP contribution in [-0.4, -0.2) is 31.1 Å². The van der Waals surface area contributed by atoms with E-state index in [4.69, 9.17) is 4.74 Å². The van der Waals surface area contributed by atoms with Gasteiger partial charge in [0.15, 0.2) is 0 Å². The zero-order valence-electron chi connectivity index (χ0n) is 13.0. The van der Waals surface area contributed by atoms with E-state index in [1.54, 1.807) is 13.3 Å². The first kappa shape index (κ1) is 15.1. The molecule has 1 aromatic carbocycles. The van der Waals surface area contributed by atoms with Gasteiger partial charge in [0.05, 0.1) is 7.11 Å². The minimum atomic E-state index is -0.0882. The van der Waals surface area contributed by atoms with Crippen molar-refractivity contribution in [2.45, 2.75) is 6.54 Å². The molecular weight excluding hydrogens is 290 g/mol. The number of aromatic nitrogens is 1. The smallest absolute Gasteiger partial charge is 0.251 e. The van der Waals surface area contributed by atoms with Gasteiger partial charge >= 0.3 is 0 Å². The van der Waals surface area contributed by atoms with Gasteiger partial charge in [-0.15, -0.1) is 0 Å². The molecule has 118 valence electrons. The molecule has 0 spiro atoms. The number of amides is 1. The molecule has 1 amide bonds. The number of nitrogens with one attached hydrogen (secondary N) is 1. The number of hydrogen-bond donors (Lipinski definition) is 1. The summed E-state index contributed by atoms with van der Waals surface area (Å²) in [5, 5.41) is 2.93. The monoisotopic (exact) mass is 309 g/mol. The molecule has 1 aromatic heterocycles. The molecule has 2 heterocycles. The van der Waals surface area contributed by atoms with Crippen LogP contribution in [0.25, 0.3) is 0 Å². The van der Waals surface area contributed by atoms with Gasteiger partial charge in [0.2, 0.25) is 5.88 Å². The Morgan fingerprint density at radius 3 is 2.87 bits per heavy atom. The van der Waals surface area contributed by atoms with Gasteiger partial charge in [-0.3, -0.25) is 4.79 Å². The van der Waals surface area contributed by atoms with Gasteiger partial charge in [0.1, 0.15) is 0 Å². The van der Waals surface area contributed by atoms with E-state index in [1.165, 1.54) is 0 Å². The van der Waals surface area contributed by atoms with Crippen molar-refractivity contribution in [3.8, 4) is 5.88 Å². The highest BCUT2D eigenvalue weighted by atomic mass is 16.5. The predicted molar refractivity (Wildman–Crippen MR) is 89.8 cm³/mol. The highest BCUT2D eigenvalue weighted by Gasteiger charge is 2.11. The third kappa shape index (κ3) is 3.69. The van der Waals surface area contributed by atoms with Crippen molar-refractivity contribution >= 4 is 11.6 Å². The van der Waals surface area contributed by atoms with E-state index in [1.807, 2.05) is 36.4 Å². The number of nitrogens with zero attached hydrogens (tertiary/aromatic N) is 2. The third-order valence-electron chi connectivity index (χ3n) is 3.75. The predicted octanol–water partition coefficient (Wildman–Crippen LogP) is 2.40. The van der Waals surface area contributed by atoms with Crippen molar-refractivity contribution in [2.24, 2.45) is 0 Å². The number of carbonyl (C=O) groups is 1. The maximum absolute atomic E-state index is 12.3. The van der Waals surface area contributed by atoms with Crippen molar-refractivity contribution in [1.82, 2.24) is 10.3 Å². The number of benzene rings is 1. The fourth-order valence-electron chi connectivity index (χ4n) is 2.49. The van der Waals surface area contributed by atoms with Crippen LogP contribution in [0, 0.1) is 0 Å². The third-order valence-corrected chi connectivity index (χ3v) is 3.75. The van der Waals surface area contributed by atoms with Crippen LogP contribution in [-0.2, 0) is 6.54 Å². The number of carbonyl (C=O) groups excluding carboxylic acids is 1. The molecule has 0 atom stereocenters. The van der Waals surface area contributed by atoms with Crippen molar-refractivity contribution in [1.29, 1.82) is 0 Å². The lowest BCUT2D eigenvalue weighted by molar-refractivity contribution is 0.0951. The Morgan fingerprint density at radius 2 is 2.09 bits per heavy atom. The molecule has 3 rings (SSSR count). The highest BCUT2D eigenvalue weighted by molar-refractivity contribution is 5.95. The van der Waals surface area contributed by atoms with Crippen LogP contribution in [0.5, 0.6) is 5.88 Å². The van der Waals surface area contributed by atoms with E-state index in [9.17, 15) is 4.79 Å². The maximum atomic E-state index is 12.3. The van der Waals surface area contributed by atoms with Crippen LogP contribution < -0.4 is 15.0 Å². The summed E-state index contributed by atoms with van der Waals surface area (Å²) in [6.07, 6.45) is 5.93. The highest BCUT2D eigenvalue weighted by Crippen LogP contribution is 2.18. The summed E-state index contributed by atoms with van der Waals surface area (Å²) in [6.45, 7) is 2.22. The molecule has 5 nitrogen and oxygen atoms in total. The van der Waals surface area contributed by atoms with Crippen molar-refractivity contribution in [2.75, 3.05) is 25.1 Å². The summed E-state index contributed by atoms with van der Waals surface area (Å²) in [6, 6.07) is 11.4. The van der Waals surface area contributed by atoms with Crippen molar-refractivity contribution in [3.05, 3.63) is 65.9 Å². The first-order chi connectivity index (χ1) is 11.3. The number of anilines is 1. The summed E-state index contributed by atoms with van der Waals surface area (Å²) in [7, 11) is 1.57. The standard InChI is InChI=1S/C18H19N3O2/c1-23-17-11-14(7-8-19-17)13-20-18(22)15-5-4-6-16(12-15)21-9-2-3-10-21/h2-8,11-12H,9-10,13H2,1H3,(H,20,22). The largest absolute Gasteiger partial charge is 0.481 e. The van der Waals surface area contributed by atoms with E-state index in [0.29, 0.717) is 18.0 Å². The quantitative estimate of drug-likeness (QED) is 0.862. The lowest BCUT2D eigenvalue weighted by Crippen LogP contribution is -2.24. The Balaban J connectivity index is 1.64. The Kier molecular flexibility index (Phi) is 4.57. The summed E-state index contributed by atoms with van der Waals surface area (Å²) in [4.78, 5) is 18.6. The van der Waals surface area contributed by atoms with Gasteiger partial charge in [-0.05, 0) is 29.8 Å². The van der Waals surface area contributed by atoms with E-state index in [0.717, 1.165) is 24.3 Å². The van der Waals surface area contributed by atoms with Gasteiger partial charge < -0.3 is 15.0 Å². The van der Waals surface area contributed by atoms with Gasteiger partial charge in [-0.2, -0.15) is 0 Å². The van der Waals surface area contributed by atoms with E-state index < -0.39 is 0 Å². The molecule has 0 saturated carbocycles. The van der Waals surface area contributed by atoms with Crippen LogP contribution in [0.4, 0.5) is 5.69 Å². The number of ether oxygens (including phenoxy) is 1. The zero-order chi connectivity index (χ0) is 16.1. The molecule has 0 unspecified atom stereocenters. The topological polar surface area (TPSA) is 54.5 Å². The van der Waals surface area contributed by atoms with Crippen molar-refractivity contribution < 1.29 is 9.53 Å². The summed E-state index contributed by atoms with van der Waals surface area (Å²) in [5.41, 5.74) is 2.67. The zero-order valence-corrected chi connectivity index (χ0v) is 13.0. The molecule has 23 heavy (non-hydrogen) atoms. The Labute approximate surface area is 135 Å². The number of methoxy groups -OCH3 is 1. The first-order valence-corrected chi connectivity index (χ1v) is 7.53. The Bertz CT molecular complexity index is 720. The second kappa shape index (κ2) is 6.96. The number of pyridine rings is 1. The summed E-state index contributed by atoms with van der Waals surface area (Å²) in [5.74, 6) is 0.454. The summed E-state index contributed by atoms with van der Waals surface area (Å²) < 4.78 is 5.08. The SMILES string of the molecule is COc1cc(CNC(=O)c2cccc(N3CC=CC3)c2)ccn1. The average molecular weight is 309 g/mol. The second-order valence-corrected chi connectivity index (χ2v) is 5.32. The van der Waals surface area contributed by atoms with Crippen LogP contribution >= 0.6 is 0 Å². The molecule has 1 aliphatic heterocycles. The molecule has 1 aliphatic rings. The van der Waals surface area contributed by atoms with E-state index in [-0.39, 0.29) is 5.91 Å². The van der Waals surface area contributed by atoms with E-state index in [2.05, 4.69) is 27.4 Å². The lowest BCUT2D eigenvalue weighted by Gasteiger charge is -2.18. The van der Waals surface area contributed by atoms with Crippen LogP contribution in [0.2, 0.25) is 0 Å². The van der Waals surface area contributed by atoms with Gasteiger partial charge in [0.25, 0.3) is 5.91 Å². The maximum Gasteiger partial charge on any atom is 0.251 e. The van der Waals surface area contributed by atoms with E-state index >= 15 is 0 Å². The summed E-state index contributed by atoms with van der Waals surface area (Å²) >= 11 is 0. The minimum absolute atomic E-state index is 0.0882. The van der Waals surface area contributed by atoms with Crippen LogP contribution in [0.15, 0.2) is 54.7 Å². The Morgan fingerprint density at radius 1 is 1.26 bits per heavy atom. The molecule has 0 saturated heterocycles. The van der Waals surface area contributed by atoms with Gasteiger partial charge in [-0.25, -0.2) is 4.98 Å². The van der Waals surface area contributed by atoms with Gasteiger partial charge in [0, 0.05) is 43.1 Å². The number of rotatable bonds is 5. The first-order valence-electron chi connectivity index (χ1n) is 7.53. The molecular formula is C18H19N3O2. The molecule has 5 heteroatoms. The second-order valence-electron chi connectivity index (χ2n) is 5.32. The lowest BCUT2D eigenvalue weighted by atomic mass is 10.1. The number of hydrogen-bond acceptors (Lipinski definition) is 4. The molecule has 0 aliphatic carbocycles. The molecule has 1 N–H and O–H groups in total. The van der Waals surface area contributed by atoms with Crippen LogP contribution in [0.3, 0.4) is 0 Å².